The number of rotatable bonds is 4. The summed E-state index contributed by atoms with van der Waals surface area (Å²) in [6.45, 7) is 5.35. The maximum Gasteiger partial charge on any atom is 0.409 e. The Morgan fingerprint density at radius 1 is 1.20 bits per heavy atom. The zero-order valence-electron chi connectivity index (χ0n) is 14.8. The lowest BCUT2D eigenvalue weighted by molar-refractivity contribution is 0.0677. The predicted octanol–water partition coefficient (Wildman–Crippen LogP) is 2.56. The van der Waals surface area contributed by atoms with Crippen LogP contribution in [0.2, 0.25) is 0 Å². The van der Waals surface area contributed by atoms with Gasteiger partial charge in [-0.2, -0.15) is 0 Å². The number of amides is 2. The molecule has 3 rings (SSSR count). The first-order valence-corrected chi connectivity index (χ1v) is 10.1. The van der Waals surface area contributed by atoms with E-state index >= 15 is 0 Å². The summed E-state index contributed by atoms with van der Waals surface area (Å²) in [6, 6.07) is 4.58. The highest BCUT2D eigenvalue weighted by molar-refractivity contribution is 7.12. The third kappa shape index (κ3) is 4.73. The van der Waals surface area contributed by atoms with Gasteiger partial charge in [-0.3, -0.25) is 4.79 Å². The van der Waals surface area contributed by atoms with E-state index in [2.05, 4.69) is 5.32 Å². The van der Waals surface area contributed by atoms with Crippen LogP contribution in [0.4, 0.5) is 4.79 Å². The number of thiophene rings is 1. The van der Waals surface area contributed by atoms with Crippen molar-refractivity contribution in [3.8, 4) is 0 Å². The van der Waals surface area contributed by atoms with Crippen molar-refractivity contribution >= 4 is 23.3 Å². The highest BCUT2D eigenvalue weighted by Crippen LogP contribution is 2.19. The minimum Gasteiger partial charge on any atom is -0.450 e. The van der Waals surface area contributed by atoms with Crippen molar-refractivity contribution in [3.05, 3.63) is 22.4 Å². The van der Waals surface area contributed by atoms with Crippen LogP contribution in [0.25, 0.3) is 0 Å². The molecule has 2 amide bonds. The molecular weight excluding hydrogens is 338 g/mol. The third-order valence-corrected chi connectivity index (χ3v) is 5.79. The average molecular weight is 365 g/mol. The molecule has 2 aliphatic heterocycles. The maximum atomic E-state index is 12.5. The number of likely N-dealkylation sites (tertiary alicyclic amines) is 2. The number of nitrogens with zero attached hydrogens (tertiary/aromatic N) is 2. The van der Waals surface area contributed by atoms with Crippen LogP contribution in [0.3, 0.4) is 0 Å². The summed E-state index contributed by atoms with van der Waals surface area (Å²) in [7, 11) is 0. The molecule has 0 unspecified atom stereocenters. The number of hydrogen-bond donors (Lipinski definition) is 1. The number of ether oxygens (including phenoxy) is 1. The lowest BCUT2D eigenvalue weighted by Gasteiger charge is -2.38. The standard InChI is InChI=1S/C18H27N3O3S/c1-2-24-18(23)20-10-7-14(8-11-20)19-15-5-3-9-21(13-15)17(22)16-6-4-12-25-16/h4,6,12,14-15,19H,2-3,5,7-11,13H2,1H3/t15-/m0/s1. The van der Waals surface area contributed by atoms with Gasteiger partial charge >= 0.3 is 6.09 Å². The van der Waals surface area contributed by atoms with Crippen molar-refractivity contribution in [3.63, 3.8) is 0 Å². The second-order valence-electron chi connectivity index (χ2n) is 6.69. The fraction of sp³-hybridized carbons (Fsp3) is 0.667. The smallest absolute Gasteiger partial charge is 0.409 e. The summed E-state index contributed by atoms with van der Waals surface area (Å²) >= 11 is 1.51. The van der Waals surface area contributed by atoms with Gasteiger partial charge < -0.3 is 19.9 Å². The maximum absolute atomic E-state index is 12.5. The van der Waals surface area contributed by atoms with Gasteiger partial charge in [-0.25, -0.2) is 4.79 Å². The van der Waals surface area contributed by atoms with Crippen LogP contribution >= 0.6 is 11.3 Å². The zero-order valence-corrected chi connectivity index (χ0v) is 15.6. The number of carbonyl (C=O) groups excluding carboxylic acids is 2. The molecular formula is C18H27N3O3S. The molecule has 1 atom stereocenters. The van der Waals surface area contributed by atoms with E-state index in [0.717, 1.165) is 56.7 Å². The SMILES string of the molecule is CCOC(=O)N1CCC(N[C@H]2CCCN(C(=O)c3cccs3)C2)CC1. The molecule has 1 aromatic rings. The van der Waals surface area contributed by atoms with E-state index in [0.29, 0.717) is 18.7 Å². The molecule has 3 heterocycles. The molecule has 0 radical (unpaired) electrons. The molecule has 2 fully saturated rings. The summed E-state index contributed by atoms with van der Waals surface area (Å²) in [5.41, 5.74) is 0. The number of carbonyl (C=O) groups is 2. The van der Waals surface area contributed by atoms with E-state index in [-0.39, 0.29) is 12.0 Å². The van der Waals surface area contributed by atoms with Gasteiger partial charge in [0.25, 0.3) is 5.91 Å². The first kappa shape index (κ1) is 18.2. The number of hydrogen-bond acceptors (Lipinski definition) is 5. The van der Waals surface area contributed by atoms with Gasteiger partial charge in [-0.15, -0.1) is 11.3 Å². The van der Waals surface area contributed by atoms with Gasteiger partial charge in [-0.1, -0.05) is 6.07 Å². The van der Waals surface area contributed by atoms with Crippen LogP contribution in [0, 0.1) is 0 Å². The molecule has 1 aromatic heterocycles. The molecule has 0 aromatic carbocycles. The monoisotopic (exact) mass is 365 g/mol. The Bertz CT molecular complexity index is 570. The largest absolute Gasteiger partial charge is 0.450 e. The van der Waals surface area contributed by atoms with Crippen molar-refractivity contribution in [2.45, 2.75) is 44.7 Å². The number of piperidine rings is 2. The molecule has 138 valence electrons. The molecule has 7 heteroatoms. The van der Waals surface area contributed by atoms with Crippen molar-refractivity contribution in [2.24, 2.45) is 0 Å². The topological polar surface area (TPSA) is 61.9 Å². The fourth-order valence-electron chi connectivity index (χ4n) is 3.63. The normalized spacial score (nSPS) is 22.0. The van der Waals surface area contributed by atoms with Gasteiger partial charge in [0.05, 0.1) is 11.5 Å². The second-order valence-corrected chi connectivity index (χ2v) is 7.64. The van der Waals surface area contributed by atoms with Crippen molar-refractivity contribution in [1.82, 2.24) is 15.1 Å². The molecule has 2 saturated heterocycles. The number of nitrogens with one attached hydrogen (secondary N) is 1. The van der Waals surface area contributed by atoms with Gasteiger partial charge in [0, 0.05) is 38.3 Å². The molecule has 0 bridgehead atoms. The van der Waals surface area contributed by atoms with Crippen molar-refractivity contribution in [2.75, 3.05) is 32.8 Å². The molecule has 0 saturated carbocycles. The van der Waals surface area contributed by atoms with Crippen molar-refractivity contribution in [1.29, 1.82) is 0 Å². The molecule has 0 aliphatic carbocycles. The predicted molar refractivity (Wildman–Crippen MR) is 98.0 cm³/mol. The Morgan fingerprint density at radius 2 is 2.00 bits per heavy atom. The Labute approximate surface area is 153 Å². The van der Waals surface area contributed by atoms with E-state index in [1.807, 2.05) is 29.3 Å². The summed E-state index contributed by atoms with van der Waals surface area (Å²) < 4.78 is 5.07. The van der Waals surface area contributed by atoms with Gasteiger partial charge in [0.1, 0.15) is 0 Å². The Morgan fingerprint density at radius 3 is 2.68 bits per heavy atom. The Balaban J connectivity index is 1.46. The lowest BCUT2D eigenvalue weighted by Crippen LogP contribution is -2.53. The highest BCUT2D eigenvalue weighted by atomic mass is 32.1. The summed E-state index contributed by atoms with van der Waals surface area (Å²) in [5, 5.41) is 5.66. The molecule has 25 heavy (non-hydrogen) atoms. The zero-order chi connectivity index (χ0) is 17.6. The second kappa shape index (κ2) is 8.67. The minimum absolute atomic E-state index is 0.152. The van der Waals surface area contributed by atoms with Crippen LogP contribution in [0.5, 0.6) is 0 Å². The van der Waals surface area contributed by atoms with E-state index in [4.69, 9.17) is 4.74 Å². The van der Waals surface area contributed by atoms with Crippen LogP contribution in [-0.2, 0) is 4.74 Å². The van der Waals surface area contributed by atoms with Gasteiger partial charge in [-0.05, 0) is 44.1 Å². The first-order valence-electron chi connectivity index (χ1n) is 9.18. The van der Waals surface area contributed by atoms with Crippen LogP contribution in [0.1, 0.15) is 42.3 Å². The summed E-state index contributed by atoms with van der Waals surface area (Å²) in [6.07, 6.45) is 3.82. The van der Waals surface area contributed by atoms with Gasteiger partial charge in [0.15, 0.2) is 0 Å². The van der Waals surface area contributed by atoms with Crippen LogP contribution in [0.15, 0.2) is 17.5 Å². The van der Waals surface area contributed by atoms with E-state index in [1.165, 1.54) is 11.3 Å². The average Bonchev–Trinajstić information content (AvgIpc) is 3.17. The van der Waals surface area contributed by atoms with Crippen LogP contribution in [-0.4, -0.2) is 66.7 Å². The molecule has 6 nitrogen and oxygen atoms in total. The lowest BCUT2D eigenvalue weighted by atomic mass is 10.00. The van der Waals surface area contributed by atoms with Crippen molar-refractivity contribution < 1.29 is 14.3 Å². The molecule has 0 spiro atoms. The molecule has 2 aliphatic rings. The third-order valence-electron chi connectivity index (χ3n) is 4.93. The van der Waals surface area contributed by atoms with E-state index in [9.17, 15) is 9.59 Å². The quantitative estimate of drug-likeness (QED) is 0.891. The van der Waals surface area contributed by atoms with E-state index in [1.54, 1.807) is 4.90 Å². The minimum atomic E-state index is -0.202. The first-order chi connectivity index (χ1) is 12.2. The fourth-order valence-corrected chi connectivity index (χ4v) is 4.32. The highest BCUT2D eigenvalue weighted by Gasteiger charge is 2.29. The Hall–Kier alpha value is -1.60. The summed E-state index contributed by atoms with van der Waals surface area (Å²) in [4.78, 5) is 28.9. The van der Waals surface area contributed by atoms with Crippen LogP contribution < -0.4 is 5.32 Å². The Kier molecular flexibility index (Phi) is 6.31. The van der Waals surface area contributed by atoms with E-state index < -0.39 is 0 Å². The van der Waals surface area contributed by atoms with Gasteiger partial charge in [0.2, 0.25) is 0 Å². The molecule has 1 N–H and O–H groups in total. The summed E-state index contributed by atoms with van der Waals surface area (Å²) in [5.74, 6) is 0.152.